The molecule has 0 aliphatic carbocycles. The van der Waals surface area contributed by atoms with Crippen LogP contribution in [-0.2, 0) is 6.42 Å². The van der Waals surface area contributed by atoms with Crippen molar-refractivity contribution in [2.45, 2.75) is 51.9 Å². The molecule has 0 bridgehead atoms. The average molecular weight is 377 g/mol. The van der Waals surface area contributed by atoms with Crippen LogP contribution in [0.2, 0.25) is 0 Å². The van der Waals surface area contributed by atoms with E-state index in [-0.39, 0.29) is 6.04 Å². The van der Waals surface area contributed by atoms with Gasteiger partial charge in [-0.2, -0.15) is 0 Å². The monoisotopic (exact) mass is 376 g/mol. The van der Waals surface area contributed by atoms with Gasteiger partial charge < -0.3 is 15.2 Å². The van der Waals surface area contributed by atoms with E-state index in [0.717, 1.165) is 40.9 Å². The van der Waals surface area contributed by atoms with Crippen LogP contribution in [0.15, 0.2) is 48.5 Å². The van der Waals surface area contributed by atoms with Crippen LogP contribution in [0.3, 0.4) is 0 Å². The van der Waals surface area contributed by atoms with Gasteiger partial charge in [0.2, 0.25) is 0 Å². The minimum Gasteiger partial charge on any atom is -0.485 e. The Morgan fingerprint density at radius 2 is 1.86 bits per heavy atom. The van der Waals surface area contributed by atoms with E-state index in [1.807, 2.05) is 26.8 Å². The van der Waals surface area contributed by atoms with Crippen molar-refractivity contribution in [2.24, 2.45) is 0 Å². The number of pyridine rings is 1. The van der Waals surface area contributed by atoms with Crippen molar-refractivity contribution in [1.82, 2.24) is 10.3 Å². The molecular weight excluding hydrogens is 348 g/mol. The van der Waals surface area contributed by atoms with E-state index >= 15 is 0 Å². The summed E-state index contributed by atoms with van der Waals surface area (Å²) in [4.78, 5) is 4.70. The van der Waals surface area contributed by atoms with Crippen LogP contribution >= 0.6 is 0 Å². The number of nitrogens with one attached hydrogen (secondary N) is 1. The summed E-state index contributed by atoms with van der Waals surface area (Å²) in [5.41, 5.74) is 4.72. The Kier molecular flexibility index (Phi) is 4.86. The molecule has 2 atom stereocenters. The number of fused-ring (bicyclic) bond motifs is 2. The third kappa shape index (κ3) is 3.50. The van der Waals surface area contributed by atoms with Gasteiger partial charge >= 0.3 is 0 Å². The van der Waals surface area contributed by atoms with Crippen LogP contribution < -0.4 is 10.1 Å². The number of hydrogen-bond donors (Lipinski definition) is 2. The van der Waals surface area contributed by atoms with Crippen molar-refractivity contribution in [1.29, 1.82) is 0 Å². The molecule has 2 aromatic carbocycles. The second-order valence-electron chi connectivity index (χ2n) is 8.31. The highest BCUT2D eigenvalue weighted by molar-refractivity contribution is 5.85. The van der Waals surface area contributed by atoms with Gasteiger partial charge in [0.25, 0.3) is 0 Å². The fourth-order valence-electron chi connectivity index (χ4n) is 4.09. The van der Waals surface area contributed by atoms with E-state index in [0.29, 0.717) is 0 Å². The molecule has 1 aliphatic rings. The molecule has 4 rings (SSSR count). The normalized spacial score (nSPS) is 20.6. The van der Waals surface area contributed by atoms with Crippen molar-refractivity contribution in [3.63, 3.8) is 0 Å². The molecule has 28 heavy (non-hydrogen) atoms. The highest BCUT2D eigenvalue weighted by Crippen LogP contribution is 2.42. The Labute approximate surface area is 166 Å². The van der Waals surface area contributed by atoms with Crippen LogP contribution in [-0.4, -0.2) is 28.3 Å². The Bertz CT molecular complexity index is 998. The zero-order valence-corrected chi connectivity index (χ0v) is 17.0. The molecule has 3 aromatic rings. The number of hydrogen-bond acceptors (Lipinski definition) is 4. The van der Waals surface area contributed by atoms with Crippen LogP contribution in [0.25, 0.3) is 10.9 Å². The maximum absolute atomic E-state index is 11.0. The molecule has 146 valence electrons. The summed E-state index contributed by atoms with van der Waals surface area (Å²) in [5, 5.41) is 15.7. The molecule has 4 heteroatoms. The molecule has 0 unspecified atom stereocenters. The fraction of sp³-hybridized carbons (Fsp3) is 0.375. The Hall–Kier alpha value is -2.43. The topological polar surface area (TPSA) is 54.4 Å². The zero-order chi connectivity index (χ0) is 19.9. The first-order valence-electron chi connectivity index (χ1n) is 9.91. The predicted molar refractivity (Wildman–Crippen MR) is 113 cm³/mol. The summed E-state index contributed by atoms with van der Waals surface area (Å²) >= 11 is 0. The zero-order valence-electron chi connectivity index (χ0n) is 17.0. The molecule has 4 nitrogen and oxygen atoms in total. The van der Waals surface area contributed by atoms with E-state index in [2.05, 4.69) is 54.7 Å². The molecule has 2 N–H and O–H groups in total. The number of benzene rings is 2. The van der Waals surface area contributed by atoms with Gasteiger partial charge in [-0.25, -0.2) is 0 Å². The van der Waals surface area contributed by atoms with Gasteiger partial charge in [0.1, 0.15) is 17.5 Å². The molecule has 0 fully saturated rings. The summed E-state index contributed by atoms with van der Waals surface area (Å²) in [7, 11) is 0. The van der Waals surface area contributed by atoms with Crippen LogP contribution in [0.5, 0.6) is 5.75 Å². The Balaban J connectivity index is 1.68. The lowest BCUT2D eigenvalue weighted by molar-refractivity contribution is -0.0642. The summed E-state index contributed by atoms with van der Waals surface area (Å²) in [6.07, 6.45) is 0.254. The third-order valence-electron chi connectivity index (χ3n) is 5.63. The number of rotatable bonds is 4. The molecular formula is C24H28N2O2. The number of aryl methyl sites for hydroxylation is 2. The smallest absolute Gasteiger partial charge is 0.131 e. The van der Waals surface area contributed by atoms with Crippen LogP contribution in [0.1, 0.15) is 42.3 Å². The highest BCUT2D eigenvalue weighted by Gasteiger charge is 2.42. The standard InChI is InChI=1S/C24H28N2O2/c1-15-12-16(2)26-20-13-19-21(14-18(15)20)28-24(3,4)23(27)22(19)25-11-10-17-8-6-5-7-9-17/h5-9,12-14,22-23,25,27H,10-11H2,1-4H3/t22-,23+/m0/s1. The largest absolute Gasteiger partial charge is 0.485 e. The predicted octanol–water partition coefficient (Wildman–Crippen LogP) is 4.26. The summed E-state index contributed by atoms with van der Waals surface area (Å²) in [6.45, 7) is 8.77. The van der Waals surface area contributed by atoms with E-state index in [9.17, 15) is 5.11 Å². The van der Waals surface area contributed by atoms with Crippen molar-refractivity contribution >= 4 is 10.9 Å². The molecule has 0 saturated heterocycles. The fourth-order valence-corrected chi connectivity index (χ4v) is 4.09. The molecule has 0 saturated carbocycles. The van der Waals surface area contributed by atoms with Gasteiger partial charge in [0, 0.05) is 16.6 Å². The highest BCUT2D eigenvalue weighted by atomic mass is 16.5. The summed E-state index contributed by atoms with van der Waals surface area (Å²) < 4.78 is 6.20. The quantitative estimate of drug-likeness (QED) is 0.714. The van der Waals surface area contributed by atoms with Crippen molar-refractivity contribution in [2.75, 3.05) is 6.54 Å². The molecule has 0 spiro atoms. The van der Waals surface area contributed by atoms with Gasteiger partial charge in [0.15, 0.2) is 0 Å². The number of ether oxygens (including phenoxy) is 1. The van der Waals surface area contributed by atoms with Gasteiger partial charge in [-0.3, -0.25) is 4.98 Å². The van der Waals surface area contributed by atoms with Crippen LogP contribution in [0.4, 0.5) is 0 Å². The van der Waals surface area contributed by atoms with Gasteiger partial charge in [-0.05, 0) is 70.0 Å². The second kappa shape index (κ2) is 7.19. The number of nitrogens with zero attached hydrogens (tertiary/aromatic N) is 1. The maximum atomic E-state index is 11.0. The van der Waals surface area contributed by atoms with Gasteiger partial charge in [0.05, 0.1) is 11.6 Å². The molecule has 1 aromatic heterocycles. The number of aliphatic hydroxyl groups is 1. The van der Waals surface area contributed by atoms with Crippen LogP contribution in [0, 0.1) is 13.8 Å². The Morgan fingerprint density at radius 1 is 1.11 bits per heavy atom. The maximum Gasteiger partial charge on any atom is 0.131 e. The third-order valence-corrected chi connectivity index (χ3v) is 5.63. The molecule has 1 aliphatic heterocycles. The lowest BCUT2D eigenvalue weighted by Gasteiger charge is -2.42. The van der Waals surface area contributed by atoms with Gasteiger partial charge in [-0.15, -0.1) is 0 Å². The SMILES string of the molecule is Cc1cc(C)c2cc3c(cc2n1)[C@H](NCCc1ccccc1)[C@@H](O)C(C)(C)O3. The number of aromatic nitrogens is 1. The minimum absolute atomic E-state index is 0.200. The second-order valence-corrected chi connectivity index (χ2v) is 8.31. The van der Waals surface area contributed by atoms with E-state index < -0.39 is 11.7 Å². The first-order valence-corrected chi connectivity index (χ1v) is 9.91. The first-order chi connectivity index (χ1) is 13.3. The van der Waals surface area contributed by atoms with E-state index in [1.54, 1.807) is 0 Å². The van der Waals surface area contributed by atoms with Crippen molar-refractivity contribution in [3.8, 4) is 5.75 Å². The summed E-state index contributed by atoms with van der Waals surface area (Å²) in [6, 6.07) is 16.4. The molecule has 2 heterocycles. The number of aliphatic hydroxyl groups excluding tert-OH is 1. The first kappa shape index (κ1) is 18.9. The Morgan fingerprint density at radius 3 is 2.61 bits per heavy atom. The molecule has 0 radical (unpaired) electrons. The molecule has 0 amide bonds. The van der Waals surface area contributed by atoms with E-state index in [1.165, 1.54) is 11.1 Å². The minimum atomic E-state index is -0.670. The van der Waals surface area contributed by atoms with Gasteiger partial charge in [-0.1, -0.05) is 30.3 Å². The van der Waals surface area contributed by atoms with E-state index in [4.69, 9.17) is 9.72 Å². The summed E-state index contributed by atoms with van der Waals surface area (Å²) in [5.74, 6) is 0.828. The average Bonchev–Trinajstić information content (AvgIpc) is 2.65. The lowest BCUT2D eigenvalue weighted by atomic mass is 9.85. The lowest BCUT2D eigenvalue weighted by Crippen LogP contribution is -2.52. The van der Waals surface area contributed by atoms with Crippen molar-refractivity contribution in [3.05, 3.63) is 70.9 Å². The van der Waals surface area contributed by atoms with Crippen molar-refractivity contribution < 1.29 is 9.84 Å².